The van der Waals surface area contributed by atoms with Crippen molar-refractivity contribution in [3.05, 3.63) is 29.2 Å². The molecule has 1 N–H and O–H groups in total. The second kappa shape index (κ2) is 6.15. The minimum atomic E-state index is -0.296. The second-order valence-corrected chi connectivity index (χ2v) is 5.83. The average molecular weight is 292 g/mol. The number of rotatable bonds is 4. The first-order valence-corrected chi connectivity index (χ1v) is 7.52. The molecule has 1 aliphatic rings. The number of aromatic nitrogens is 2. The van der Waals surface area contributed by atoms with Gasteiger partial charge >= 0.3 is 0 Å². The van der Waals surface area contributed by atoms with E-state index in [-0.39, 0.29) is 11.7 Å². The van der Waals surface area contributed by atoms with Crippen molar-refractivity contribution in [2.24, 2.45) is 0 Å². The lowest BCUT2D eigenvalue weighted by Gasteiger charge is -2.24. The molecule has 1 fully saturated rings. The first kappa shape index (κ1) is 13.3. The molecule has 0 aliphatic carbocycles. The summed E-state index contributed by atoms with van der Waals surface area (Å²) in [7, 11) is 0. The number of hydrogen-bond donors (Lipinski definition) is 1. The Balaban J connectivity index is 1.57. The second-order valence-electron chi connectivity index (χ2n) is 4.77. The van der Waals surface area contributed by atoms with E-state index in [2.05, 4.69) is 20.4 Å². The number of carbonyl (C=O) groups is 1. The van der Waals surface area contributed by atoms with Crippen LogP contribution in [0.15, 0.2) is 22.8 Å². The number of hydrogen-bond acceptors (Lipinski definition) is 6. The third kappa shape index (κ3) is 3.23. The quantitative estimate of drug-likeness (QED) is 0.936. The average Bonchev–Trinajstić information content (AvgIpc) is 3.11. The maximum Gasteiger partial charge on any atom is 0.293 e. The summed E-state index contributed by atoms with van der Waals surface area (Å²) in [6.45, 7) is 3.05. The Morgan fingerprint density at radius 2 is 2.20 bits per heavy atom. The number of nitrogens with zero attached hydrogens (tertiary/aromatic N) is 3. The smallest absolute Gasteiger partial charge is 0.293 e. The van der Waals surface area contributed by atoms with Crippen molar-refractivity contribution in [3.63, 3.8) is 0 Å². The van der Waals surface area contributed by atoms with Gasteiger partial charge in [-0.15, -0.1) is 10.2 Å². The summed E-state index contributed by atoms with van der Waals surface area (Å²) in [4.78, 5) is 14.2. The summed E-state index contributed by atoms with van der Waals surface area (Å²) < 4.78 is 5.03. The zero-order valence-corrected chi connectivity index (χ0v) is 11.9. The van der Waals surface area contributed by atoms with Gasteiger partial charge in [-0.2, -0.15) is 0 Å². The Labute approximate surface area is 120 Å². The molecule has 2 aromatic rings. The molecule has 0 unspecified atom stereocenters. The van der Waals surface area contributed by atoms with Gasteiger partial charge in [0.05, 0.1) is 12.8 Å². The molecule has 0 atom stereocenters. The van der Waals surface area contributed by atoms with E-state index in [0.29, 0.717) is 5.13 Å². The lowest BCUT2D eigenvalue weighted by Crippen LogP contribution is -2.28. The standard InChI is InChI=1S/C13H16N4O2S/c18-12(10-5-4-8-19-10)14-13-16-15-11(20-13)9-17-6-2-1-3-7-17/h4-5,8H,1-3,6-7,9H2,(H,14,16,18). The van der Waals surface area contributed by atoms with Gasteiger partial charge in [-0.25, -0.2) is 0 Å². The minimum absolute atomic E-state index is 0.276. The highest BCUT2D eigenvalue weighted by molar-refractivity contribution is 7.15. The van der Waals surface area contributed by atoms with Gasteiger partial charge in [0.2, 0.25) is 5.13 Å². The van der Waals surface area contributed by atoms with Crippen molar-refractivity contribution in [1.82, 2.24) is 15.1 Å². The van der Waals surface area contributed by atoms with E-state index < -0.39 is 0 Å². The molecule has 20 heavy (non-hydrogen) atoms. The van der Waals surface area contributed by atoms with Crippen LogP contribution in [0.2, 0.25) is 0 Å². The summed E-state index contributed by atoms with van der Waals surface area (Å²) in [6.07, 6.45) is 5.29. The normalized spacial score (nSPS) is 16.2. The van der Waals surface area contributed by atoms with Crippen molar-refractivity contribution < 1.29 is 9.21 Å². The third-order valence-electron chi connectivity index (χ3n) is 3.24. The van der Waals surface area contributed by atoms with E-state index >= 15 is 0 Å². The molecule has 6 nitrogen and oxygen atoms in total. The summed E-state index contributed by atoms with van der Waals surface area (Å²) in [5, 5.41) is 12.3. The van der Waals surface area contributed by atoms with Gasteiger partial charge in [-0.05, 0) is 38.1 Å². The fourth-order valence-electron chi connectivity index (χ4n) is 2.24. The molecule has 0 saturated carbocycles. The number of carbonyl (C=O) groups excluding carboxylic acids is 1. The molecule has 0 spiro atoms. The Morgan fingerprint density at radius 1 is 1.35 bits per heavy atom. The van der Waals surface area contributed by atoms with Gasteiger partial charge in [-0.1, -0.05) is 17.8 Å². The van der Waals surface area contributed by atoms with E-state index in [1.54, 1.807) is 12.1 Å². The van der Waals surface area contributed by atoms with Gasteiger partial charge in [0, 0.05) is 0 Å². The molecular formula is C13H16N4O2S. The van der Waals surface area contributed by atoms with E-state index in [4.69, 9.17) is 4.42 Å². The molecule has 0 aromatic carbocycles. The molecule has 106 valence electrons. The zero-order chi connectivity index (χ0) is 13.8. The highest BCUT2D eigenvalue weighted by Gasteiger charge is 2.15. The summed E-state index contributed by atoms with van der Waals surface area (Å²) in [5.74, 6) is -0.0200. The van der Waals surface area contributed by atoms with Crippen molar-refractivity contribution in [1.29, 1.82) is 0 Å². The number of amides is 1. The number of anilines is 1. The number of furan rings is 1. The van der Waals surface area contributed by atoms with Crippen molar-refractivity contribution in [3.8, 4) is 0 Å². The molecule has 3 heterocycles. The molecule has 2 aromatic heterocycles. The molecule has 7 heteroatoms. The lowest BCUT2D eigenvalue weighted by molar-refractivity contribution is 0.0996. The van der Waals surface area contributed by atoms with Crippen LogP contribution < -0.4 is 5.32 Å². The van der Waals surface area contributed by atoms with Crippen molar-refractivity contribution in [2.75, 3.05) is 18.4 Å². The van der Waals surface area contributed by atoms with Crippen LogP contribution in [0.5, 0.6) is 0 Å². The predicted octanol–water partition coefficient (Wildman–Crippen LogP) is 2.37. The Bertz CT molecular complexity index is 561. The lowest BCUT2D eigenvalue weighted by atomic mass is 10.1. The largest absolute Gasteiger partial charge is 0.459 e. The molecule has 1 saturated heterocycles. The number of nitrogens with one attached hydrogen (secondary N) is 1. The molecule has 1 aliphatic heterocycles. The molecular weight excluding hydrogens is 276 g/mol. The predicted molar refractivity (Wildman–Crippen MR) is 75.7 cm³/mol. The van der Waals surface area contributed by atoms with Crippen LogP contribution in [-0.2, 0) is 6.54 Å². The van der Waals surface area contributed by atoms with Crippen LogP contribution in [0.4, 0.5) is 5.13 Å². The monoisotopic (exact) mass is 292 g/mol. The first-order valence-electron chi connectivity index (χ1n) is 6.71. The SMILES string of the molecule is O=C(Nc1nnc(CN2CCCCC2)s1)c1ccco1. The number of piperidine rings is 1. The molecule has 1 amide bonds. The van der Waals surface area contributed by atoms with Crippen molar-refractivity contribution in [2.45, 2.75) is 25.8 Å². The summed E-state index contributed by atoms with van der Waals surface area (Å²) in [6, 6.07) is 3.29. The van der Waals surface area contributed by atoms with Gasteiger partial charge in [0.25, 0.3) is 5.91 Å². The molecule has 3 rings (SSSR count). The summed E-state index contributed by atoms with van der Waals surface area (Å²) in [5.41, 5.74) is 0. The minimum Gasteiger partial charge on any atom is -0.459 e. The van der Waals surface area contributed by atoms with Gasteiger partial charge in [0.1, 0.15) is 5.01 Å². The van der Waals surface area contributed by atoms with Crippen LogP contribution in [0.25, 0.3) is 0 Å². The van der Waals surface area contributed by atoms with Gasteiger partial charge < -0.3 is 4.42 Å². The van der Waals surface area contributed by atoms with Crippen LogP contribution in [-0.4, -0.2) is 34.1 Å². The Morgan fingerprint density at radius 3 is 2.95 bits per heavy atom. The third-order valence-corrected chi connectivity index (χ3v) is 4.06. The fourth-order valence-corrected chi connectivity index (χ4v) is 3.02. The Kier molecular flexibility index (Phi) is 4.08. The topological polar surface area (TPSA) is 71.3 Å². The maximum absolute atomic E-state index is 11.8. The summed E-state index contributed by atoms with van der Waals surface area (Å²) >= 11 is 1.41. The Hall–Kier alpha value is -1.73. The van der Waals surface area contributed by atoms with Crippen molar-refractivity contribution >= 4 is 22.4 Å². The van der Waals surface area contributed by atoms with Crippen LogP contribution in [0.1, 0.15) is 34.8 Å². The highest BCUT2D eigenvalue weighted by atomic mass is 32.1. The van der Waals surface area contributed by atoms with E-state index in [1.807, 2.05) is 0 Å². The fraction of sp³-hybridized carbons (Fsp3) is 0.462. The van der Waals surface area contributed by atoms with Crippen LogP contribution in [0.3, 0.4) is 0 Å². The molecule has 0 bridgehead atoms. The van der Waals surface area contributed by atoms with E-state index in [9.17, 15) is 4.79 Å². The van der Waals surface area contributed by atoms with Gasteiger partial charge in [-0.3, -0.25) is 15.0 Å². The van der Waals surface area contributed by atoms with Crippen LogP contribution >= 0.6 is 11.3 Å². The van der Waals surface area contributed by atoms with E-state index in [0.717, 1.165) is 24.6 Å². The van der Waals surface area contributed by atoms with Gasteiger partial charge in [0.15, 0.2) is 5.76 Å². The van der Waals surface area contributed by atoms with Crippen LogP contribution in [0, 0.1) is 0 Å². The maximum atomic E-state index is 11.8. The highest BCUT2D eigenvalue weighted by Crippen LogP contribution is 2.19. The zero-order valence-electron chi connectivity index (χ0n) is 11.0. The first-order chi connectivity index (χ1) is 9.81. The molecule has 0 radical (unpaired) electrons. The number of likely N-dealkylation sites (tertiary alicyclic amines) is 1. The van der Waals surface area contributed by atoms with E-state index in [1.165, 1.54) is 36.9 Å².